The maximum absolute atomic E-state index is 9.91. The predicted molar refractivity (Wildman–Crippen MR) is 103 cm³/mol. The van der Waals surface area contributed by atoms with Crippen molar-refractivity contribution in [1.29, 1.82) is 0 Å². The normalized spacial score (nSPS) is 11.1. The molecular weight excluding hydrogens is 326 g/mol. The molecule has 4 aromatic rings. The first kappa shape index (κ1) is 16.1. The van der Waals surface area contributed by atoms with Gasteiger partial charge in [0.15, 0.2) is 0 Å². The summed E-state index contributed by atoms with van der Waals surface area (Å²) in [7, 11) is 0. The zero-order chi connectivity index (χ0) is 18.3. The molecule has 0 aliphatic rings. The average Bonchev–Trinajstić information content (AvgIpc) is 2.89. The minimum Gasteiger partial charge on any atom is -0.508 e. The number of aromatic nitrogens is 1. The Labute approximate surface area is 151 Å². The molecule has 26 heavy (non-hydrogen) atoms. The molecule has 4 nitrogen and oxygen atoms in total. The zero-order valence-electron chi connectivity index (χ0n) is 14.3. The molecule has 3 N–H and O–H groups in total. The minimum absolute atomic E-state index is 0.227. The molecule has 1 aromatic heterocycles. The number of rotatable bonds is 3. The van der Waals surface area contributed by atoms with Crippen LogP contribution in [0.25, 0.3) is 22.2 Å². The van der Waals surface area contributed by atoms with E-state index in [4.69, 9.17) is 0 Å². The van der Waals surface area contributed by atoms with Crippen molar-refractivity contribution in [1.82, 2.24) is 4.57 Å². The number of hydrogen-bond acceptors (Lipinski definition) is 3. The second-order valence-electron chi connectivity index (χ2n) is 6.47. The topological polar surface area (TPSA) is 65.6 Å². The van der Waals surface area contributed by atoms with E-state index in [-0.39, 0.29) is 17.2 Å². The van der Waals surface area contributed by atoms with Crippen molar-refractivity contribution in [2.75, 3.05) is 0 Å². The summed E-state index contributed by atoms with van der Waals surface area (Å²) in [6.07, 6.45) is 0. The quantitative estimate of drug-likeness (QED) is 0.500. The van der Waals surface area contributed by atoms with Gasteiger partial charge in [0, 0.05) is 17.4 Å². The van der Waals surface area contributed by atoms with Crippen molar-refractivity contribution in [2.45, 2.75) is 13.5 Å². The molecule has 0 atom stereocenters. The van der Waals surface area contributed by atoms with Crippen LogP contribution in [0.3, 0.4) is 0 Å². The van der Waals surface area contributed by atoms with Gasteiger partial charge < -0.3 is 19.9 Å². The van der Waals surface area contributed by atoms with Gasteiger partial charge in [-0.3, -0.25) is 0 Å². The third kappa shape index (κ3) is 2.75. The molecule has 0 aliphatic heterocycles. The van der Waals surface area contributed by atoms with E-state index in [9.17, 15) is 15.3 Å². The fraction of sp³-hybridized carbons (Fsp3) is 0.0909. The lowest BCUT2D eigenvalue weighted by Gasteiger charge is -2.12. The molecule has 0 spiro atoms. The van der Waals surface area contributed by atoms with Gasteiger partial charge in [0.2, 0.25) is 0 Å². The van der Waals surface area contributed by atoms with Crippen LogP contribution in [0, 0.1) is 6.92 Å². The SMILES string of the molecule is Cc1c(-c2ccc(O)cc2)n(Cc2ccc(O)cc2)c2ccc(O)cc12. The molecule has 4 rings (SSSR count). The predicted octanol–water partition coefficient (Wildman–Crippen LogP) is 4.78. The smallest absolute Gasteiger partial charge is 0.116 e. The fourth-order valence-electron chi connectivity index (χ4n) is 3.45. The summed E-state index contributed by atoms with van der Waals surface area (Å²) in [5.74, 6) is 0.704. The lowest BCUT2D eigenvalue weighted by molar-refractivity contribution is 0.474. The molecule has 0 saturated carbocycles. The van der Waals surface area contributed by atoms with Crippen molar-refractivity contribution < 1.29 is 15.3 Å². The van der Waals surface area contributed by atoms with Crippen molar-refractivity contribution >= 4 is 10.9 Å². The highest BCUT2D eigenvalue weighted by molar-refractivity contribution is 5.92. The molecule has 0 aliphatic carbocycles. The number of phenolic OH excluding ortho intramolecular Hbond substituents is 3. The van der Waals surface area contributed by atoms with Crippen LogP contribution in [-0.4, -0.2) is 19.9 Å². The number of fused-ring (bicyclic) bond motifs is 1. The first-order valence-corrected chi connectivity index (χ1v) is 8.42. The van der Waals surface area contributed by atoms with Crippen LogP contribution in [0.5, 0.6) is 17.2 Å². The second kappa shape index (κ2) is 6.15. The Morgan fingerprint density at radius 3 is 1.96 bits per heavy atom. The van der Waals surface area contributed by atoms with Crippen LogP contribution in [0.2, 0.25) is 0 Å². The van der Waals surface area contributed by atoms with Crippen LogP contribution in [-0.2, 0) is 6.54 Å². The van der Waals surface area contributed by atoms with E-state index < -0.39 is 0 Å². The number of aromatic hydroxyl groups is 3. The molecule has 1 heterocycles. The summed E-state index contributed by atoms with van der Waals surface area (Å²) in [5, 5.41) is 30.0. The van der Waals surface area contributed by atoms with Crippen LogP contribution in [0.1, 0.15) is 11.1 Å². The van der Waals surface area contributed by atoms with Gasteiger partial charge in [-0.15, -0.1) is 0 Å². The molecule has 0 fully saturated rings. The summed E-state index contributed by atoms with van der Waals surface area (Å²) >= 11 is 0. The van der Waals surface area contributed by atoms with Gasteiger partial charge >= 0.3 is 0 Å². The molecule has 0 saturated heterocycles. The van der Waals surface area contributed by atoms with Crippen molar-refractivity contribution in [3.05, 3.63) is 77.9 Å². The van der Waals surface area contributed by atoms with Gasteiger partial charge in [-0.25, -0.2) is 0 Å². The highest BCUT2D eigenvalue weighted by Gasteiger charge is 2.16. The van der Waals surface area contributed by atoms with E-state index in [0.717, 1.165) is 33.3 Å². The van der Waals surface area contributed by atoms with E-state index in [1.54, 1.807) is 36.4 Å². The van der Waals surface area contributed by atoms with Gasteiger partial charge in [-0.05, 0) is 78.2 Å². The molecule has 130 valence electrons. The molecule has 0 bridgehead atoms. The minimum atomic E-state index is 0.227. The molecule has 0 amide bonds. The van der Waals surface area contributed by atoms with Gasteiger partial charge in [0.05, 0.1) is 5.69 Å². The Hall–Kier alpha value is -3.40. The van der Waals surface area contributed by atoms with Crippen LogP contribution in [0.15, 0.2) is 66.7 Å². The third-order valence-corrected chi connectivity index (χ3v) is 4.72. The van der Waals surface area contributed by atoms with E-state index in [1.165, 1.54) is 0 Å². The van der Waals surface area contributed by atoms with Crippen molar-refractivity contribution in [3.63, 3.8) is 0 Å². The summed E-state index contributed by atoms with van der Waals surface area (Å²) in [6.45, 7) is 2.67. The molecule has 0 radical (unpaired) electrons. The summed E-state index contributed by atoms with van der Waals surface area (Å²) < 4.78 is 2.20. The first-order valence-electron chi connectivity index (χ1n) is 8.42. The van der Waals surface area contributed by atoms with E-state index >= 15 is 0 Å². The van der Waals surface area contributed by atoms with Gasteiger partial charge in [-0.1, -0.05) is 12.1 Å². The van der Waals surface area contributed by atoms with E-state index in [0.29, 0.717) is 6.54 Å². The molecule has 0 unspecified atom stereocenters. The van der Waals surface area contributed by atoms with Crippen LogP contribution < -0.4 is 0 Å². The zero-order valence-corrected chi connectivity index (χ0v) is 14.3. The number of benzene rings is 3. The average molecular weight is 345 g/mol. The highest BCUT2D eigenvalue weighted by atomic mass is 16.3. The van der Waals surface area contributed by atoms with Gasteiger partial charge in [-0.2, -0.15) is 0 Å². The second-order valence-corrected chi connectivity index (χ2v) is 6.47. The van der Waals surface area contributed by atoms with E-state index in [1.807, 2.05) is 37.3 Å². The number of nitrogens with zero attached hydrogens (tertiary/aromatic N) is 1. The van der Waals surface area contributed by atoms with Gasteiger partial charge in [0.1, 0.15) is 17.2 Å². The monoisotopic (exact) mass is 345 g/mol. The summed E-state index contributed by atoms with van der Waals surface area (Å²) in [6, 6.07) is 19.7. The third-order valence-electron chi connectivity index (χ3n) is 4.72. The largest absolute Gasteiger partial charge is 0.508 e. The molecule has 4 heteroatoms. The number of aryl methyl sites for hydroxylation is 1. The number of phenols is 3. The Morgan fingerprint density at radius 1 is 0.731 bits per heavy atom. The summed E-state index contributed by atoms with van der Waals surface area (Å²) in [5.41, 5.74) is 5.19. The van der Waals surface area contributed by atoms with Crippen molar-refractivity contribution in [2.24, 2.45) is 0 Å². The van der Waals surface area contributed by atoms with E-state index in [2.05, 4.69) is 4.57 Å². The first-order chi connectivity index (χ1) is 12.5. The Morgan fingerprint density at radius 2 is 1.31 bits per heavy atom. The Kier molecular flexibility index (Phi) is 3.81. The lowest BCUT2D eigenvalue weighted by atomic mass is 10.1. The van der Waals surface area contributed by atoms with Crippen LogP contribution >= 0.6 is 0 Å². The number of hydrogen-bond donors (Lipinski definition) is 3. The molecule has 3 aromatic carbocycles. The lowest BCUT2D eigenvalue weighted by Crippen LogP contribution is -2.02. The standard InChI is InChI=1S/C22H19NO3/c1-14-20-12-19(26)10-11-21(20)23(13-15-2-6-17(24)7-3-15)22(14)16-4-8-18(25)9-5-16/h2-12,24-26H,13H2,1H3. The van der Waals surface area contributed by atoms with Crippen molar-refractivity contribution in [3.8, 4) is 28.5 Å². The Bertz CT molecular complexity index is 1080. The Balaban J connectivity index is 1.94. The van der Waals surface area contributed by atoms with Crippen LogP contribution in [0.4, 0.5) is 0 Å². The van der Waals surface area contributed by atoms with Gasteiger partial charge in [0.25, 0.3) is 0 Å². The molecular formula is C22H19NO3. The summed E-state index contributed by atoms with van der Waals surface area (Å²) in [4.78, 5) is 0. The highest BCUT2D eigenvalue weighted by Crippen LogP contribution is 2.36. The fourth-order valence-corrected chi connectivity index (χ4v) is 3.45. The maximum atomic E-state index is 9.91. The maximum Gasteiger partial charge on any atom is 0.116 e.